The molecule has 0 rings (SSSR count). The van der Waals surface area contributed by atoms with Crippen LogP contribution < -0.4 is 0 Å². The van der Waals surface area contributed by atoms with Crippen LogP contribution in [0.2, 0.25) is 0 Å². The second kappa shape index (κ2) is 31.9. The third kappa shape index (κ3) is 31.7. The largest absolute Gasteiger partial charge is 0.508 e. The molecule has 0 N–H and O–H groups in total. The molecule has 0 aromatic heterocycles. The van der Waals surface area contributed by atoms with E-state index in [1.54, 1.807) is 0 Å². The maximum Gasteiger partial charge on any atom is 0.508 e. The third-order valence-corrected chi connectivity index (χ3v) is 8.04. The molecule has 0 saturated heterocycles. The van der Waals surface area contributed by atoms with E-state index in [0.717, 1.165) is 70.8 Å². The van der Waals surface area contributed by atoms with Crippen LogP contribution in [0.25, 0.3) is 0 Å². The molecule has 0 aliphatic heterocycles. The molecule has 0 aliphatic rings. The fourth-order valence-corrected chi connectivity index (χ4v) is 5.41. The van der Waals surface area contributed by atoms with Crippen molar-refractivity contribution in [2.75, 3.05) is 27.2 Å². The standard InChI is InChI=1S/C37H71NO5/c1-6-8-10-12-13-16-20-24-30-36(43-37(40)41-33-27-26-32-38(4)5)31-25-21-18-15-14-17-19-23-29-35(42-34(3)39)28-22-11-9-7-2/h19,23,35-36H,6-18,20-22,24-33H2,1-5H3/b23-19-/t35-,36?/m1/s1. The summed E-state index contributed by atoms with van der Waals surface area (Å²) in [7, 11) is 4.12. The van der Waals surface area contributed by atoms with Crippen LogP contribution in [0.5, 0.6) is 0 Å². The maximum atomic E-state index is 12.3. The number of nitrogens with zero attached hydrogens (tertiary/aromatic N) is 1. The van der Waals surface area contributed by atoms with E-state index in [1.165, 1.54) is 96.8 Å². The van der Waals surface area contributed by atoms with Gasteiger partial charge in [0.15, 0.2) is 0 Å². The summed E-state index contributed by atoms with van der Waals surface area (Å²) < 4.78 is 16.7. The molecule has 6 nitrogen and oxygen atoms in total. The van der Waals surface area contributed by atoms with Gasteiger partial charge in [0.25, 0.3) is 0 Å². The molecule has 2 atom stereocenters. The van der Waals surface area contributed by atoms with Crippen LogP contribution in [0, 0.1) is 0 Å². The Morgan fingerprint density at radius 3 is 1.67 bits per heavy atom. The number of carbonyl (C=O) groups excluding carboxylic acids is 2. The van der Waals surface area contributed by atoms with Gasteiger partial charge in [0.1, 0.15) is 12.2 Å². The summed E-state index contributed by atoms with van der Waals surface area (Å²) in [6.07, 6.45) is 31.6. The van der Waals surface area contributed by atoms with Crippen LogP contribution in [0.1, 0.15) is 175 Å². The van der Waals surface area contributed by atoms with E-state index in [2.05, 4.69) is 45.0 Å². The number of carbonyl (C=O) groups is 2. The summed E-state index contributed by atoms with van der Waals surface area (Å²) in [6.45, 7) is 7.42. The van der Waals surface area contributed by atoms with Gasteiger partial charge in [-0.3, -0.25) is 4.79 Å². The van der Waals surface area contributed by atoms with Crippen LogP contribution in [0.3, 0.4) is 0 Å². The van der Waals surface area contributed by atoms with Crippen molar-refractivity contribution in [2.24, 2.45) is 0 Å². The van der Waals surface area contributed by atoms with Crippen LogP contribution in [0.15, 0.2) is 12.2 Å². The summed E-state index contributed by atoms with van der Waals surface area (Å²) in [5, 5.41) is 0. The second-order valence-electron chi connectivity index (χ2n) is 12.7. The van der Waals surface area contributed by atoms with Crippen LogP contribution in [0.4, 0.5) is 4.79 Å². The number of allylic oxidation sites excluding steroid dienone is 1. The summed E-state index contributed by atoms with van der Waals surface area (Å²) >= 11 is 0. The Labute approximate surface area is 267 Å². The number of ether oxygens (including phenoxy) is 3. The van der Waals surface area contributed by atoms with Gasteiger partial charge < -0.3 is 19.1 Å². The second-order valence-corrected chi connectivity index (χ2v) is 12.7. The van der Waals surface area contributed by atoms with Gasteiger partial charge in [0.05, 0.1) is 6.61 Å². The van der Waals surface area contributed by atoms with Gasteiger partial charge in [-0.1, -0.05) is 109 Å². The van der Waals surface area contributed by atoms with Crippen LogP contribution >= 0.6 is 0 Å². The average Bonchev–Trinajstić information content (AvgIpc) is 2.96. The Hall–Kier alpha value is -1.56. The minimum absolute atomic E-state index is 0.0203. The Morgan fingerprint density at radius 2 is 1.12 bits per heavy atom. The molecule has 6 heteroatoms. The fourth-order valence-electron chi connectivity index (χ4n) is 5.41. The van der Waals surface area contributed by atoms with Gasteiger partial charge in [0.2, 0.25) is 0 Å². The smallest absolute Gasteiger partial charge is 0.462 e. The van der Waals surface area contributed by atoms with Crippen molar-refractivity contribution in [3.63, 3.8) is 0 Å². The number of unbranched alkanes of at least 4 members (excludes halogenated alkanes) is 16. The first kappa shape index (κ1) is 41.4. The highest BCUT2D eigenvalue weighted by Gasteiger charge is 2.15. The highest BCUT2D eigenvalue weighted by molar-refractivity contribution is 5.66. The zero-order valence-corrected chi connectivity index (χ0v) is 29.2. The quantitative estimate of drug-likeness (QED) is 0.0442. The Balaban J connectivity index is 4.23. The minimum atomic E-state index is -0.488. The van der Waals surface area contributed by atoms with E-state index >= 15 is 0 Å². The molecule has 0 bridgehead atoms. The molecular formula is C37H71NO5. The van der Waals surface area contributed by atoms with Crippen LogP contribution in [-0.2, 0) is 19.0 Å². The lowest BCUT2D eigenvalue weighted by atomic mass is 10.0. The SMILES string of the molecule is CCCCCCCCCCC(CCCCCCC/C=C\C[C@@H](CCCCCC)OC(C)=O)OC(=O)OCCCCN(C)C. The summed E-state index contributed by atoms with van der Waals surface area (Å²) in [5.41, 5.74) is 0. The van der Waals surface area contributed by atoms with E-state index in [-0.39, 0.29) is 18.2 Å². The van der Waals surface area contributed by atoms with Gasteiger partial charge >= 0.3 is 12.1 Å². The van der Waals surface area contributed by atoms with Gasteiger partial charge in [0, 0.05) is 13.3 Å². The number of hydrogen-bond acceptors (Lipinski definition) is 6. The van der Waals surface area contributed by atoms with Crippen molar-refractivity contribution >= 4 is 12.1 Å². The molecule has 43 heavy (non-hydrogen) atoms. The molecule has 254 valence electrons. The number of rotatable bonds is 31. The highest BCUT2D eigenvalue weighted by Crippen LogP contribution is 2.18. The van der Waals surface area contributed by atoms with Crippen molar-refractivity contribution in [1.82, 2.24) is 4.90 Å². The molecule has 0 spiro atoms. The zero-order chi connectivity index (χ0) is 31.8. The molecule has 0 aromatic rings. The lowest BCUT2D eigenvalue weighted by Gasteiger charge is -2.18. The summed E-state index contributed by atoms with van der Waals surface area (Å²) in [6, 6.07) is 0. The lowest BCUT2D eigenvalue weighted by Crippen LogP contribution is -2.20. The van der Waals surface area contributed by atoms with Gasteiger partial charge in [-0.15, -0.1) is 0 Å². The van der Waals surface area contributed by atoms with Crippen LogP contribution in [-0.4, -0.2) is 56.5 Å². The van der Waals surface area contributed by atoms with E-state index in [0.29, 0.717) is 6.61 Å². The Kier molecular flexibility index (Phi) is 30.7. The highest BCUT2D eigenvalue weighted by atomic mass is 16.7. The molecule has 0 saturated carbocycles. The number of esters is 1. The van der Waals surface area contributed by atoms with Gasteiger partial charge in [-0.2, -0.15) is 0 Å². The normalized spacial score (nSPS) is 13.0. The first-order chi connectivity index (χ1) is 20.9. The molecule has 0 aliphatic carbocycles. The molecule has 0 amide bonds. The van der Waals surface area contributed by atoms with E-state index in [1.807, 2.05) is 0 Å². The predicted octanol–water partition coefficient (Wildman–Crippen LogP) is 11.0. The lowest BCUT2D eigenvalue weighted by molar-refractivity contribution is -0.146. The topological polar surface area (TPSA) is 65.1 Å². The molecule has 0 radical (unpaired) electrons. The maximum absolute atomic E-state index is 12.3. The van der Waals surface area contributed by atoms with Crippen molar-refractivity contribution < 1.29 is 23.8 Å². The van der Waals surface area contributed by atoms with Gasteiger partial charge in [-0.05, 0) is 84.8 Å². The first-order valence-electron chi connectivity index (χ1n) is 18.2. The molecular weight excluding hydrogens is 538 g/mol. The third-order valence-electron chi connectivity index (χ3n) is 8.04. The minimum Gasteiger partial charge on any atom is -0.462 e. The Morgan fingerprint density at radius 1 is 0.605 bits per heavy atom. The Bertz CT molecular complexity index is 651. The van der Waals surface area contributed by atoms with Crippen molar-refractivity contribution in [3.8, 4) is 0 Å². The van der Waals surface area contributed by atoms with E-state index in [9.17, 15) is 9.59 Å². The molecule has 0 aromatic carbocycles. The first-order valence-corrected chi connectivity index (χ1v) is 18.2. The van der Waals surface area contributed by atoms with Crippen molar-refractivity contribution in [3.05, 3.63) is 12.2 Å². The summed E-state index contributed by atoms with van der Waals surface area (Å²) in [4.78, 5) is 25.9. The molecule has 0 fully saturated rings. The van der Waals surface area contributed by atoms with E-state index < -0.39 is 6.16 Å². The van der Waals surface area contributed by atoms with Gasteiger partial charge in [-0.25, -0.2) is 4.79 Å². The molecule has 1 unspecified atom stereocenters. The predicted molar refractivity (Wildman–Crippen MR) is 182 cm³/mol. The number of hydrogen-bond donors (Lipinski definition) is 0. The fraction of sp³-hybridized carbons (Fsp3) is 0.892. The zero-order valence-electron chi connectivity index (χ0n) is 29.2. The monoisotopic (exact) mass is 610 g/mol. The summed E-state index contributed by atoms with van der Waals surface area (Å²) in [5.74, 6) is -0.174. The molecule has 0 heterocycles. The average molecular weight is 610 g/mol. The van der Waals surface area contributed by atoms with Crippen molar-refractivity contribution in [2.45, 2.75) is 187 Å². The van der Waals surface area contributed by atoms with Crippen molar-refractivity contribution in [1.29, 1.82) is 0 Å². The van der Waals surface area contributed by atoms with E-state index in [4.69, 9.17) is 14.2 Å².